The van der Waals surface area contributed by atoms with E-state index >= 15 is 0 Å². The number of hydrogen-bond donors (Lipinski definition) is 1. The second kappa shape index (κ2) is 13.2. The van der Waals surface area contributed by atoms with Crippen LogP contribution in [0, 0.1) is 0 Å². The van der Waals surface area contributed by atoms with E-state index in [4.69, 9.17) is 4.98 Å². The molecule has 2 aliphatic rings. The average molecular weight is 475 g/mol. The van der Waals surface area contributed by atoms with Crippen molar-refractivity contribution in [1.82, 2.24) is 25.0 Å². The fourth-order valence-electron chi connectivity index (χ4n) is 4.71. The summed E-state index contributed by atoms with van der Waals surface area (Å²) in [5, 5.41) is 4.26. The second-order valence-electron chi connectivity index (χ2n) is 9.26. The molecule has 0 saturated carbocycles. The molecule has 0 bridgehead atoms. The van der Waals surface area contributed by atoms with E-state index in [1.54, 1.807) is 11.3 Å². The van der Waals surface area contributed by atoms with Gasteiger partial charge in [0.1, 0.15) is 11.7 Å². The average Bonchev–Trinajstić information content (AvgIpc) is 3.46. The molecule has 2 aliphatic heterocycles. The molecule has 1 amide bonds. The first-order valence-electron chi connectivity index (χ1n) is 12.6. The minimum absolute atomic E-state index is 0.271. The molecule has 1 N–H and O–H groups in total. The van der Waals surface area contributed by atoms with E-state index in [9.17, 15) is 4.79 Å². The number of nitrogens with zero attached hydrogens (tertiary/aromatic N) is 5. The lowest BCUT2D eigenvalue weighted by atomic mass is 10.1. The number of hydrogen-bond acceptors (Lipinski definition) is 7. The lowest BCUT2D eigenvalue weighted by Crippen LogP contribution is -2.49. The number of thiazole rings is 1. The lowest BCUT2D eigenvalue weighted by molar-refractivity contribution is -0.135. The van der Waals surface area contributed by atoms with Crippen LogP contribution in [0.3, 0.4) is 0 Å². The maximum Gasteiger partial charge on any atom is 0.237 e. The van der Waals surface area contributed by atoms with Crippen molar-refractivity contribution in [1.29, 1.82) is 0 Å². The first-order chi connectivity index (χ1) is 16.0. The molecule has 0 radical (unpaired) electrons. The van der Waals surface area contributed by atoms with E-state index in [0.717, 1.165) is 56.9 Å². The van der Waals surface area contributed by atoms with Crippen LogP contribution in [0.2, 0.25) is 0 Å². The summed E-state index contributed by atoms with van der Waals surface area (Å²) in [6.45, 7) is 17.0. The van der Waals surface area contributed by atoms with Crippen molar-refractivity contribution < 1.29 is 4.79 Å². The van der Waals surface area contributed by atoms with Crippen LogP contribution in [0.15, 0.2) is 11.2 Å². The highest BCUT2D eigenvalue weighted by Gasteiger charge is 2.27. The Morgan fingerprint density at radius 2 is 2.09 bits per heavy atom. The van der Waals surface area contributed by atoms with Crippen LogP contribution in [0.4, 0.5) is 0 Å². The van der Waals surface area contributed by atoms with Crippen LogP contribution >= 0.6 is 11.3 Å². The zero-order valence-corrected chi connectivity index (χ0v) is 21.6. The predicted octanol–water partition coefficient (Wildman–Crippen LogP) is 3.61. The summed E-state index contributed by atoms with van der Waals surface area (Å²) in [6, 6.07) is 0.271. The Balaban J connectivity index is 1.61. The van der Waals surface area contributed by atoms with Gasteiger partial charge in [0.2, 0.25) is 5.91 Å². The van der Waals surface area contributed by atoms with Crippen LogP contribution in [0.1, 0.15) is 68.5 Å². The van der Waals surface area contributed by atoms with Crippen molar-refractivity contribution in [2.24, 2.45) is 4.99 Å². The van der Waals surface area contributed by atoms with Crippen LogP contribution in [-0.4, -0.2) is 84.3 Å². The maximum absolute atomic E-state index is 13.4. The van der Waals surface area contributed by atoms with Crippen molar-refractivity contribution in [2.75, 3.05) is 45.9 Å². The molecule has 3 rings (SSSR count). The normalized spacial score (nSPS) is 18.2. The Morgan fingerprint density at radius 3 is 2.79 bits per heavy atom. The third-order valence-electron chi connectivity index (χ3n) is 6.63. The number of nitrogens with one attached hydrogen (secondary N) is 1. The van der Waals surface area contributed by atoms with E-state index in [2.05, 4.69) is 52.5 Å². The number of carbonyl (C=O) groups excluding carboxylic acids is 1. The molecule has 1 aromatic rings. The van der Waals surface area contributed by atoms with Gasteiger partial charge < -0.3 is 15.1 Å². The largest absolute Gasteiger partial charge is 0.372 e. The summed E-state index contributed by atoms with van der Waals surface area (Å²) >= 11 is 1.77. The molecular formula is C25H42N6OS. The summed E-state index contributed by atoms with van der Waals surface area (Å²) in [5.41, 5.74) is 2.40. The van der Waals surface area contributed by atoms with Crippen molar-refractivity contribution in [3.8, 4) is 0 Å². The quantitative estimate of drug-likeness (QED) is 0.349. The van der Waals surface area contributed by atoms with Gasteiger partial charge in [0.05, 0.1) is 12.2 Å². The second-order valence-corrected chi connectivity index (χ2v) is 10.3. The number of unbranched alkanes of at least 4 members (excludes halogenated alkanes) is 1. The summed E-state index contributed by atoms with van der Waals surface area (Å²) in [6.07, 6.45) is 8.60. The zero-order valence-electron chi connectivity index (χ0n) is 20.8. The summed E-state index contributed by atoms with van der Waals surface area (Å²) in [5.74, 6) is 0.276. The van der Waals surface area contributed by atoms with Crippen LogP contribution in [-0.2, 0) is 17.8 Å². The fraction of sp³-hybridized carbons (Fsp3) is 0.720. The Hall–Kier alpha value is -1.77. The van der Waals surface area contributed by atoms with E-state index in [0.29, 0.717) is 13.2 Å². The van der Waals surface area contributed by atoms with Gasteiger partial charge in [-0.25, -0.2) is 4.98 Å². The molecule has 1 aromatic heterocycles. The molecule has 0 aromatic carbocycles. The molecule has 3 heterocycles. The summed E-state index contributed by atoms with van der Waals surface area (Å²) < 4.78 is 0. The van der Waals surface area contributed by atoms with E-state index in [1.807, 2.05) is 6.20 Å². The van der Waals surface area contributed by atoms with Gasteiger partial charge in [0.15, 0.2) is 0 Å². The third kappa shape index (κ3) is 7.36. The van der Waals surface area contributed by atoms with Gasteiger partial charge in [-0.2, -0.15) is 0 Å². The van der Waals surface area contributed by atoms with Crippen LogP contribution in [0.5, 0.6) is 0 Å². The van der Waals surface area contributed by atoms with Crippen molar-refractivity contribution in [2.45, 2.75) is 71.9 Å². The van der Waals surface area contributed by atoms with Crippen molar-refractivity contribution in [3.63, 3.8) is 0 Å². The smallest absolute Gasteiger partial charge is 0.237 e. The lowest BCUT2D eigenvalue weighted by Gasteiger charge is -2.34. The van der Waals surface area contributed by atoms with E-state index in [1.165, 1.54) is 42.1 Å². The molecular weight excluding hydrogens is 432 g/mol. The van der Waals surface area contributed by atoms with Gasteiger partial charge in [-0.1, -0.05) is 20.3 Å². The van der Waals surface area contributed by atoms with Gasteiger partial charge in [-0.05, 0) is 52.4 Å². The Labute approximate surface area is 204 Å². The SMILES string of the molecule is C=NCN/C=C(\CC)c1nc2c(s1)CN(CC(=O)N(CCCC)C(C)CN1CCCC1)CC2. The van der Waals surface area contributed by atoms with Crippen LogP contribution < -0.4 is 5.32 Å². The van der Waals surface area contributed by atoms with Crippen molar-refractivity contribution in [3.05, 3.63) is 21.8 Å². The minimum Gasteiger partial charge on any atom is -0.372 e. The van der Waals surface area contributed by atoms with Crippen molar-refractivity contribution >= 4 is 29.5 Å². The maximum atomic E-state index is 13.4. The number of allylic oxidation sites excluding steroid dienone is 1. The Bertz CT molecular complexity index is 801. The number of aliphatic imine (C=N–C) groups is 1. The highest BCUT2D eigenvalue weighted by Crippen LogP contribution is 2.30. The predicted molar refractivity (Wildman–Crippen MR) is 139 cm³/mol. The third-order valence-corrected chi connectivity index (χ3v) is 7.79. The van der Waals surface area contributed by atoms with Gasteiger partial charge in [0, 0.05) is 55.3 Å². The standard InChI is InChI=1S/C25H42N6OS/c1-5-7-13-31(20(3)16-29-11-8-9-12-29)24(32)18-30-14-10-22-23(17-30)33-25(28-22)21(6-2)15-27-19-26-4/h15,20,27H,4-14,16-19H2,1-3H3/b21-15+. The molecule has 33 heavy (non-hydrogen) atoms. The molecule has 1 atom stereocenters. The molecule has 8 heteroatoms. The first-order valence-corrected chi connectivity index (χ1v) is 13.4. The Morgan fingerprint density at radius 1 is 1.30 bits per heavy atom. The van der Waals surface area contributed by atoms with E-state index in [-0.39, 0.29) is 11.9 Å². The van der Waals surface area contributed by atoms with Gasteiger partial charge >= 0.3 is 0 Å². The molecule has 184 valence electrons. The molecule has 7 nitrogen and oxygen atoms in total. The molecule has 0 spiro atoms. The fourth-order valence-corrected chi connectivity index (χ4v) is 5.94. The van der Waals surface area contributed by atoms with Crippen LogP contribution in [0.25, 0.3) is 5.57 Å². The first kappa shape index (κ1) is 25.8. The number of aromatic nitrogens is 1. The Kier molecular flexibility index (Phi) is 10.3. The molecule has 1 fully saturated rings. The van der Waals surface area contributed by atoms with E-state index < -0.39 is 0 Å². The number of carbonyl (C=O) groups is 1. The number of rotatable bonds is 13. The van der Waals surface area contributed by atoms with Gasteiger partial charge in [-0.3, -0.25) is 14.7 Å². The molecule has 0 aliphatic carbocycles. The number of amides is 1. The topological polar surface area (TPSA) is 64.1 Å². The number of likely N-dealkylation sites (tertiary alicyclic amines) is 1. The summed E-state index contributed by atoms with van der Waals surface area (Å²) in [7, 11) is 0. The number of fused-ring (bicyclic) bond motifs is 1. The highest BCUT2D eigenvalue weighted by molar-refractivity contribution is 7.12. The summed E-state index contributed by atoms with van der Waals surface area (Å²) in [4.78, 5) is 30.4. The van der Waals surface area contributed by atoms with Gasteiger partial charge in [-0.15, -0.1) is 11.3 Å². The zero-order chi connectivity index (χ0) is 23.6. The highest BCUT2D eigenvalue weighted by atomic mass is 32.1. The molecule has 1 saturated heterocycles. The minimum atomic E-state index is 0.271. The monoisotopic (exact) mass is 474 g/mol. The molecule has 1 unspecified atom stereocenters. The van der Waals surface area contributed by atoms with Gasteiger partial charge in [0.25, 0.3) is 0 Å².